The molecule has 0 unspecified atom stereocenters. The number of methoxy groups -OCH3 is 1. The third-order valence-corrected chi connectivity index (χ3v) is 3.75. The van der Waals surface area contributed by atoms with E-state index in [1.54, 1.807) is 0 Å². The first-order valence-corrected chi connectivity index (χ1v) is 6.78. The summed E-state index contributed by atoms with van der Waals surface area (Å²) < 4.78 is 27.9. The highest BCUT2D eigenvalue weighted by Gasteiger charge is 2.12. The van der Waals surface area contributed by atoms with Crippen LogP contribution in [0.1, 0.15) is 15.9 Å². The average Bonchev–Trinajstić information content (AvgIpc) is 2.26. The molecule has 6 heteroatoms. The highest BCUT2D eigenvalue weighted by Crippen LogP contribution is 2.09. The van der Waals surface area contributed by atoms with Crippen molar-refractivity contribution in [1.82, 2.24) is 0 Å². The third-order valence-electron chi connectivity index (χ3n) is 2.19. The van der Waals surface area contributed by atoms with Crippen LogP contribution in [0, 0.1) is 0 Å². The van der Waals surface area contributed by atoms with Gasteiger partial charge in [0.15, 0.2) is 9.84 Å². The second kappa shape index (κ2) is 5.79. The Morgan fingerprint density at radius 1 is 1.29 bits per heavy atom. The van der Waals surface area contributed by atoms with Crippen molar-refractivity contribution in [2.75, 3.05) is 19.5 Å². The van der Waals surface area contributed by atoms with E-state index in [9.17, 15) is 13.2 Å². The number of aromatic carboxylic acids is 1. The zero-order chi connectivity index (χ0) is 12.9. The standard InChI is InChI=1S/C11H14O5S/c1-16-6-7-17(14,15)8-9-2-4-10(5-3-9)11(12)13/h2-5H,6-8H2,1H3,(H,12,13). The van der Waals surface area contributed by atoms with E-state index in [0.29, 0.717) is 5.56 Å². The number of hydrogen-bond acceptors (Lipinski definition) is 4. The van der Waals surface area contributed by atoms with Crippen molar-refractivity contribution in [3.05, 3.63) is 35.4 Å². The fourth-order valence-corrected chi connectivity index (χ4v) is 2.55. The van der Waals surface area contributed by atoms with Gasteiger partial charge in [-0.2, -0.15) is 0 Å². The van der Waals surface area contributed by atoms with Crippen molar-refractivity contribution in [2.24, 2.45) is 0 Å². The molecule has 0 amide bonds. The van der Waals surface area contributed by atoms with Crippen molar-refractivity contribution in [3.8, 4) is 0 Å². The van der Waals surface area contributed by atoms with Gasteiger partial charge in [0.2, 0.25) is 0 Å². The van der Waals surface area contributed by atoms with Crippen LogP contribution in [0.25, 0.3) is 0 Å². The van der Waals surface area contributed by atoms with Gasteiger partial charge in [-0.05, 0) is 17.7 Å². The first-order valence-electron chi connectivity index (χ1n) is 4.96. The molecule has 0 aromatic heterocycles. The highest BCUT2D eigenvalue weighted by atomic mass is 32.2. The first kappa shape index (κ1) is 13.7. The van der Waals surface area contributed by atoms with Gasteiger partial charge in [-0.1, -0.05) is 12.1 Å². The Hall–Kier alpha value is -1.40. The van der Waals surface area contributed by atoms with Gasteiger partial charge in [0, 0.05) is 7.11 Å². The number of sulfone groups is 1. The van der Waals surface area contributed by atoms with Crippen LogP contribution >= 0.6 is 0 Å². The van der Waals surface area contributed by atoms with E-state index in [-0.39, 0.29) is 23.7 Å². The van der Waals surface area contributed by atoms with E-state index >= 15 is 0 Å². The summed E-state index contributed by atoms with van der Waals surface area (Å²) in [5.41, 5.74) is 0.717. The monoisotopic (exact) mass is 258 g/mol. The molecule has 0 fully saturated rings. The number of rotatable bonds is 6. The third kappa shape index (κ3) is 4.54. The van der Waals surface area contributed by atoms with E-state index in [2.05, 4.69) is 0 Å². The van der Waals surface area contributed by atoms with Crippen LogP contribution in [-0.2, 0) is 20.3 Å². The summed E-state index contributed by atoms with van der Waals surface area (Å²) in [7, 11) is -1.76. The maximum atomic E-state index is 11.6. The minimum Gasteiger partial charge on any atom is -0.478 e. The maximum Gasteiger partial charge on any atom is 0.335 e. The summed E-state index contributed by atoms with van der Waals surface area (Å²) >= 11 is 0. The van der Waals surface area contributed by atoms with Gasteiger partial charge in [0.05, 0.1) is 23.7 Å². The van der Waals surface area contributed by atoms with E-state index in [0.717, 1.165) is 0 Å². The van der Waals surface area contributed by atoms with Crippen molar-refractivity contribution >= 4 is 15.8 Å². The Bertz CT molecular complexity index is 475. The summed E-state index contributed by atoms with van der Waals surface area (Å²) in [4.78, 5) is 10.6. The van der Waals surface area contributed by atoms with Gasteiger partial charge in [-0.15, -0.1) is 0 Å². The molecular weight excluding hydrogens is 244 g/mol. The molecule has 0 atom stereocenters. The molecule has 1 aromatic rings. The van der Waals surface area contributed by atoms with Gasteiger partial charge < -0.3 is 9.84 Å². The minimum atomic E-state index is -3.20. The number of hydrogen-bond donors (Lipinski definition) is 1. The van der Waals surface area contributed by atoms with Crippen LogP contribution < -0.4 is 0 Å². The minimum absolute atomic E-state index is 0.0375. The van der Waals surface area contributed by atoms with Gasteiger partial charge in [-0.3, -0.25) is 0 Å². The lowest BCUT2D eigenvalue weighted by molar-refractivity contribution is 0.0697. The molecule has 0 aliphatic carbocycles. The SMILES string of the molecule is COCCS(=O)(=O)Cc1ccc(C(=O)O)cc1. The molecule has 0 bridgehead atoms. The van der Waals surface area contributed by atoms with Crippen LogP contribution in [0.15, 0.2) is 24.3 Å². The first-order chi connectivity index (χ1) is 7.94. The quantitative estimate of drug-likeness (QED) is 0.821. The number of carbonyl (C=O) groups is 1. The van der Waals surface area contributed by atoms with Crippen LogP contribution in [0.2, 0.25) is 0 Å². The molecule has 94 valence electrons. The smallest absolute Gasteiger partial charge is 0.335 e. The molecule has 1 aromatic carbocycles. The molecule has 0 aliphatic rings. The molecule has 0 saturated carbocycles. The fraction of sp³-hybridized carbons (Fsp3) is 0.364. The largest absolute Gasteiger partial charge is 0.478 e. The Balaban J connectivity index is 2.72. The van der Waals surface area contributed by atoms with Crippen molar-refractivity contribution in [2.45, 2.75) is 5.75 Å². The topological polar surface area (TPSA) is 80.7 Å². The summed E-state index contributed by atoms with van der Waals surface area (Å²) in [5, 5.41) is 8.69. The summed E-state index contributed by atoms with van der Waals surface area (Å²) in [5.74, 6) is -1.17. The molecule has 0 aliphatic heterocycles. The highest BCUT2D eigenvalue weighted by molar-refractivity contribution is 7.90. The Morgan fingerprint density at radius 2 is 1.88 bits per heavy atom. The van der Waals surface area contributed by atoms with E-state index in [4.69, 9.17) is 9.84 Å². The predicted molar refractivity (Wildman–Crippen MR) is 62.8 cm³/mol. The van der Waals surface area contributed by atoms with Crippen LogP contribution in [0.3, 0.4) is 0 Å². The Kier molecular flexibility index (Phi) is 4.65. The van der Waals surface area contributed by atoms with E-state index in [1.165, 1.54) is 31.4 Å². The predicted octanol–water partition coefficient (Wildman–Crippen LogP) is 0.946. The Labute approximate surface area is 100.0 Å². The number of ether oxygens (including phenoxy) is 1. The Morgan fingerprint density at radius 3 is 2.35 bits per heavy atom. The van der Waals surface area contributed by atoms with Gasteiger partial charge in [0.25, 0.3) is 0 Å². The molecule has 5 nitrogen and oxygen atoms in total. The van der Waals surface area contributed by atoms with Gasteiger partial charge >= 0.3 is 5.97 Å². The zero-order valence-corrected chi connectivity index (χ0v) is 10.2. The van der Waals surface area contributed by atoms with E-state index < -0.39 is 15.8 Å². The molecule has 1 rings (SSSR count). The molecule has 1 N–H and O–H groups in total. The maximum absolute atomic E-state index is 11.6. The van der Waals surface area contributed by atoms with Gasteiger partial charge in [0.1, 0.15) is 0 Å². The van der Waals surface area contributed by atoms with Crippen LogP contribution in [-0.4, -0.2) is 39.0 Å². The lowest BCUT2D eigenvalue weighted by Gasteiger charge is -2.04. The van der Waals surface area contributed by atoms with Crippen LogP contribution in [0.4, 0.5) is 0 Å². The molecule has 0 radical (unpaired) electrons. The second-order valence-corrected chi connectivity index (χ2v) is 5.77. The van der Waals surface area contributed by atoms with Gasteiger partial charge in [-0.25, -0.2) is 13.2 Å². The van der Waals surface area contributed by atoms with Crippen molar-refractivity contribution < 1.29 is 23.1 Å². The lowest BCUT2D eigenvalue weighted by atomic mass is 10.1. The molecule has 17 heavy (non-hydrogen) atoms. The zero-order valence-electron chi connectivity index (χ0n) is 9.42. The molecular formula is C11H14O5S. The van der Waals surface area contributed by atoms with Crippen LogP contribution in [0.5, 0.6) is 0 Å². The fourth-order valence-electron chi connectivity index (χ4n) is 1.28. The number of benzene rings is 1. The van der Waals surface area contributed by atoms with E-state index in [1.807, 2.05) is 0 Å². The van der Waals surface area contributed by atoms with Crippen molar-refractivity contribution in [1.29, 1.82) is 0 Å². The summed E-state index contributed by atoms with van der Waals surface area (Å²) in [6.45, 7) is 0.162. The summed E-state index contributed by atoms with van der Waals surface area (Å²) in [6.07, 6.45) is 0. The molecule has 0 spiro atoms. The molecule has 0 heterocycles. The lowest BCUT2D eigenvalue weighted by Crippen LogP contribution is -2.13. The summed E-state index contributed by atoms with van der Waals surface area (Å²) in [6, 6.07) is 5.80. The van der Waals surface area contributed by atoms with Crippen molar-refractivity contribution in [3.63, 3.8) is 0 Å². The normalized spacial score (nSPS) is 11.4. The average molecular weight is 258 g/mol. The second-order valence-electron chi connectivity index (χ2n) is 3.59. The number of carboxylic acids is 1. The molecule has 0 saturated heterocycles. The number of carboxylic acid groups (broad SMARTS) is 1.